The Hall–Kier alpha value is -4.45. The number of rotatable bonds is 6. The molecule has 9 rings (SSSR count). The van der Waals surface area contributed by atoms with Crippen LogP contribution in [-0.2, 0) is 23.7 Å². The standard InChI is InChI=1S/C39H40ClNO14/c1-15-6-7-16(2)27(43)25(15)34(46)41-23-14-51-37(32(45)38(23,3)48)55-39-21(10-11-24(39)42)19-12-17-8-9-18(19)33(39)52-31-26(40)20(13-22(49-4)30(31)50-5)28(44)35(47)54-36-29(17)53-36/h6-10,12-13,23-24,28-29,32-33,36-37,42-45,48H,11,14H2,1-5H3,(H,41,46)/t23-,24+,28+,29-,32+,33?,36+,37+,38-,39?/m0/s1. The predicted octanol–water partition coefficient (Wildman–Crippen LogP) is 2.97. The van der Waals surface area contributed by atoms with Crippen LogP contribution in [0.25, 0.3) is 5.57 Å². The Morgan fingerprint density at radius 3 is 2.49 bits per heavy atom. The number of fused-ring (bicyclic) bond motifs is 4. The first-order valence-electron chi connectivity index (χ1n) is 17.6. The topological polar surface area (TPSA) is 215 Å². The number of amides is 1. The van der Waals surface area contributed by atoms with Gasteiger partial charge in [-0.25, -0.2) is 4.79 Å². The number of aryl methyl sites for hydroxylation is 2. The van der Waals surface area contributed by atoms with Gasteiger partial charge in [0.25, 0.3) is 5.91 Å². The highest BCUT2D eigenvalue weighted by atomic mass is 35.5. The number of hydrogen-bond acceptors (Lipinski definition) is 14. The molecule has 0 spiro atoms. The number of ether oxygens (including phenoxy) is 7. The maximum atomic E-state index is 13.4. The molecule has 15 nitrogen and oxygen atoms in total. The van der Waals surface area contributed by atoms with E-state index >= 15 is 0 Å². The molecule has 292 valence electrons. The number of benzene rings is 3. The van der Waals surface area contributed by atoms with E-state index in [0.29, 0.717) is 33.4 Å². The zero-order valence-electron chi connectivity index (χ0n) is 30.4. The Bertz CT molecular complexity index is 2140. The number of halogens is 1. The summed E-state index contributed by atoms with van der Waals surface area (Å²) >= 11 is 6.91. The molecule has 0 saturated carbocycles. The third-order valence-corrected chi connectivity index (χ3v) is 11.7. The lowest BCUT2D eigenvalue weighted by Gasteiger charge is -2.48. The number of nitrogens with one attached hydrogen (secondary N) is 1. The second kappa shape index (κ2) is 13.3. The maximum absolute atomic E-state index is 13.4. The summed E-state index contributed by atoms with van der Waals surface area (Å²) in [6.45, 7) is 4.29. The number of aliphatic hydroxyl groups excluding tert-OH is 3. The first kappa shape index (κ1) is 37.5. The minimum absolute atomic E-state index is 0.00177. The monoisotopic (exact) mass is 781 g/mol. The zero-order valence-corrected chi connectivity index (χ0v) is 31.1. The van der Waals surface area contributed by atoms with Crippen LogP contribution < -0.4 is 19.5 Å². The average Bonchev–Trinajstić information content (AvgIpc) is 3.78. The van der Waals surface area contributed by atoms with Crippen molar-refractivity contribution in [1.29, 1.82) is 0 Å². The van der Waals surface area contributed by atoms with Crippen molar-refractivity contribution in [2.75, 3.05) is 20.8 Å². The van der Waals surface area contributed by atoms with E-state index in [1.54, 1.807) is 50.3 Å². The van der Waals surface area contributed by atoms with Crippen molar-refractivity contribution in [1.82, 2.24) is 5.32 Å². The second-order valence-corrected chi connectivity index (χ2v) is 14.9. The van der Waals surface area contributed by atoms with Gasteiger partial charge in [0.2, 0.25) is 12.0 Å². The molecule has 10 atom stereocenters. The lowest BCUT2D eigenvalue weighted by molar-refractivity contribution is -0.316. The zero-order chi connectivity index (χ0) is 39.3. The number of esters is 1. The van der Waals surface area contributed by atoms with Crippen LogP contribution in [-0.4, -0.2) is 100 Å². The van der Waals surface area contributed by atoms with E-state index < -0.39 is 72.2 Å². The van der Waals surface area contributed by atoms with Gasteiger partial charge < -0.3 is 64.0 Å². The summed E-state index contributed by atoms with van der Waals surface area (Å²) in [7, 11) is 2.69. The number of methoxy groups -OCH3 is 2. The Balaban J connectivity index is 1.19. The molecule has 6 bridgehead atoms. The van der Waals surface area contributed by atoms with E-state index in [1.165, 1.54) is 27.2 Å². The highest BCUT2D eigenvalue weighted by molar-refractivity contribution is 6.33. The summed E-state index contributed by atoms with van der Waals surface area (Å²) in [5, 5.41) is 59.8. The lowest BCUT2D eigenvalue weighted by atomic mass is 9.86. The molecule has 2 aliphatic carbocycles. The molecule has 3 aromatic carbocycles. The van der Waals surface area contributed by atoms with Crippen LogP contribution in [0.1, 0.15) is 75.4 Å². The van der Waals surface area contributed by atoms with E-state index in [2.05, 4.69) is 5.32 Å². The normalized spacial score (nSPS) is 33.1. The number of carbonyl (C=O) groups is 2. The van der Waals surface area contributed by atoms with Gasteiger partial charge in [-0.1, -0.05) is 41.9 Å². The van der Waals surface area contributed by atoms with Crippen LogP contribution in [0.4, 0.5) is 0 Å². The molecule has 55 heavy (non-hydrogen) atoms. The van der Waals surface area contributed by atoms with E-state index in [9.17, 15) is 35.1 Å². The summed E-state index contributed by atoms with van der Waals surface area (Å²) in [6.07, 6.45) is -7.68. The molecule has 16 heteroatoms. The Labute approximate surface area is 319 Å². The summed E-state index contributed by atoms with van der Waals surface area (Å²) in [5.74, 6) is -2.04. The predicted molar refractivity (Wildman–Crippen MR) is 191 cm³/mol. The van der Waals surface area contributed by atoms with E-state index in [1.807, 2.05) is 0 Å². The van der Waals surface area contributed by atoms with Crippen molar-refractivity contribution in [2.45, 2.75) is 87.5 Å². The maximum Gasteiger partial charge on any atom is 0.342 e. The number of epoxide rings is 1. The van der Waals surface area contributed by atoms with Crippen LogP contribution >= 0.6 is 11.6 Å². The van der Waals surface area contributed by atoms with Crippen molar-refractivity contribution >= 4 is 29.1 Å². The third kappa shape index (κ3) is 5.67. The van der Waals surface area contributed by atoms with Gasteiger partial charge in [0.15, 0.2) is 35.6 Å². The molecule has 0 aromatic heterocycles. The van der Waals surface area contributed by atoms with Crippen molar-refractivity contribution in [3.63, 3.8) is 0 Å². The molecular formula is C39H40ClNO14. The largest absolute Gasteiger partial charge is 0.507 e. The van der Waals surface area contributed by atoms with Gasteiger partial charge in [0.05, 0.1) is 43.6 Å². The van der Waals surface area contributed by atoms with Crippen molar-refractivity contribution in [3.8, 4) is 23.0 Å². The van der Waals surface area contributed by atoms with Crippen molar-refractivity contribution in [2.24, 2.45) is 0 Å². The fourth-order valence-electron chi connectivity index (χ4n) is 8.01. The molecule has 2 unspecified atom stereocenters. The van der Waals surface area contributed by atoms with Crippen LogP contribution in [0.15, 0.2) is 42.5 Å². The van der Waals surface area contributed by atoms with Gasteiger partial charge in [0, 0.05) is 11.1 Å². The van der Waals surface area contributed by atoms with Gasteiger partial charge in [-0.05, 0) is 67.2 Å². The average molecular weight is 782 g/mol. The number of phenolic OH excluding ortho intramolecular Hbond substituents is 1. The SMILES string of the molecule is COc1cc2c(Cl)c(c1OC)OC1c3ccc(cc3C3=CC[C@@H](O)C31O[C@H]1OC[C@H](NC(=O)c3c(C)ccc(C)c3O)[C@](C)(O)[C@@H]1O)[C@@H]1O[C@@H]1OC(=O)[C@@H]2O. The first-order chi connectivity index (χ1) is 26.1. The second-order valence-electron chi connectivity index (χ2n) is 14.6. The molecule has 6 N–H and O–H groups in total. The summed E-state index contributed by atoms with van der Waals surface area (Å²) in [5.41, 5.74) is -0.791. The third-order valence-electron chi connectivity index (χ3n) is 11.3. The molecule has 2 saturated heterocycles. The number of phenols is 1. The van der Waals surface area contributed by atoms with E-state index in [-0.39, 0.29) is 52.2 Å². The molecule has 4 heterocycles. The van der Waals surface area contributed by atoms with Gasteiger partial charge in [-0.15, -0.1) is 0 Å². The molecular weight excluding hydrogens is 742 g/mol. The number of hydrogen-bond donors (Lipinski definition) is 6. The van der Waals surface area contributed by atoms with Gasteiger partial charge >= 0.3 is 5.97 Å². The van der Waals surface area contributed by atoms with Crippen LogP contribution in [0.5, 0.6) is 23.0 Å². The number of aliphatic hydroxyl groups is 4. The van der Waals surface area contributed by atoms with Gasteiger partial charge in [-0.3, -0.25) is 4.79 Å². The molecule has 3 aromatic rings. The first-order valence-corrected chi connectivity index (χ1v) is 18.0. The molecule has 1 amide bonds. The fraction of sp³-hybridized carbons (Fsp3) is 0.436. The Morgan fingerprint density at radius 1 is 1.02 bits per heavy atom. The molecule has 0 radical (unpaired) electrons. The van der Waals surface area contributed by atoms with Crippen LogP contribution in [0, 0.1) is 13.8 Å². The van der Waals surface area contributed by atoms with Gasteiger partial charge in [0.1, 0.15) is 23.6 Å². The van der Waals surface area contributed by atoms with Crippen LogP contribution in [0.2, 0.25) is 5.02 Å². The van der Waals surface area contributed by atoms with Crippen molar-refractivity contribution < 1.29 is 68.3 Å². The molecule has 4 aliphatic heterocycles. The highest BCUT2D eigenvalue weighted by Crippen LogP contribution is 2.61. The minimum Gasteiger partial charge on any atom is -0.507 e. The fourth-order valence-corrected chi connectivity index (χ4v) is 8.30. The summed E-state index contributed by atoms with van der Waals surface area (Å²) in [4.78, 5) is 26.5. The summed E-state index contributed by atoms with van der Waals surface area (Å²) in [6, 6.07) is 8.79. The smallest absolute Gasteiger partial charge is 0.342 e. The summed E-state index contributed by atoms with van der Waals surface area (Å²) < 4.78 is 41.8. The van der Waals surface area contributed by atoms with Crippen LogP contribution in [0.3, 0.4) is 0 Å². The molecule has 6 aliphatic rings. The minimum atomic E-state index is -2.06. The Kier molecular flexibility index (Phi) is 9.09. The number of aromatic hydroxyl groups is 1. The molecule has 2 fully saturated rings. The van der Waals surface area contributed by atoms with Crippen molar-refractivity contribution in [3.05, 3.63) is 86.4 Å². The quantitative estimate of drug-likeness (QED) is 0.157. The van der Waals surface area contributed by atoms with E-state index in [4.69, 9.17) is 44.8 Å². The Morgan fingerprint density at radius 2 is 1.76 bits per heavy atom. The highest BCUT2D eigenvalue weighted by Gasteiger charge is 2.63. The van der Waals surface area contributed by atoms with E-state index in [0.717, 1.165) is 0 Å². The van der Waals surface area contributed by atoms with Gasteiger partial charge in [-0.2, -0.15) is 0 Å². The number of carbonyl (C=O) groups excluding carboxylic acids is 2. The lowest BCUT2D eigenvalue weighted by Crippen LogP contribution is -2.68.